The number of fused-ring (bicyclic) bond motifs is 1. The lowest BCUT2D eigenvalue weighted by Crippen LogP contribution is -2.33. The number of aldehydes is 1. The molecule has 1 aliphatic heterocycles. The van der Waals surface area contributed by atoms with Crippen molar-refractivity contribution in [2.24, 2.45) is 5.92 Å². The van der Waals surface area contributed by atoms with Crippen LogP contribution in [0.5, 0.6) is 5.75 Å². The number of benzene rings is 1. The van der Waals surface area contributed by atoms with Crippen LogP contribution in [0.25, 0.3) is 5.57 Å². The first-order chi connectivity index (χ1) is 9.06. The Kier molecular flexibility index (Phi) is 3.64. The Morgan fingerprint density at radius 1 is 1.42 bits per heavy atom. The van der Waals surface area contributed by atoms with E-state index in [0.717, 1.165) is 0 Å². The number of rotatable bonds is 4. The molecule has 19 heavy (non-hydrogen) atoms. The maximum absolute atomic E-state index is 11.3. The van der Waals surface area contributed by atoms with Gasteiger partial charge in [0.05, 0.1) is 4.92 Å². The first-order valence-electron chi connectivity index (χ1n) is 6.13. The van der Waals surface area contributed by atoms with Gasteiger partial charge in [-0.05, 0) is 6.07 Å². The van der Waals surface area contributed by atoms with E-state index in [4.69, 9.17) is 4.74 Å². The molecule has 0 spiro atoms. The van der Waals surface area contributed by atoms with E-state index in [9.17, 15) is 14.9 Å². The highest BCUT2D eigenvalue weighted by atomic mass is 16.6. The first kappa shape index (κ1) is 13.3. The number of nitro groups is 1. The monoisotopic (exact) mass is 261 g/mol. The minimum absolute atomic E-state index is 0.000741. The molecule has 0 unspecified atom stereocenters. The Morgan fingerprint density at radius 2 is 2.11 bits per heavy atom. The highest BCUT2D eigenvalue weighted by Crippen LogP contribution is 2.39. The van der Waals surface area contributed by atoms with Crippen LogP contribution in [0.1, 0.15) is 25.8 Å². The van der Waals surface area contributed by atoms with Crippen molar-refractivity contribution < 1.29 is 14.5 Å². The third-order valence-corrected chi connectivity index (χ3v) is 3.13. The van der Waals surface area contributed by atoms with Gasteiger partial charge >= 0.3 is 0 Å². The molecule has 5 heteroatoms. The summed E-state index contributed by atoms with van der Waals surface area (Å²) in [7, 11) is 0. The lowest BCUT2D eigenvalue weighted by molar-refractivity contribution is -0.435. The number of allylic oxidation sites excluding steroid dienone is 1. The molecule has 2 rings (SSSR count). The van der Waals surface area contributed by atoms with E-state index in [-0.39, 0.29) is 18.0 Å². The van der Waals surface area contributed by atoms with E-state index in [2.05, 4.69) is 0 Å². The molecule has 0 aromatic heterocycles. The van der Waals surface area contributed by atoms with E-state index in [1.54, 1.807) is 18.2 Å². The molecule has 0 bridgehead atoms. The van der Waals surface area contributed by atoms with Crippen LogP contribution in [0.3, 0.4) is 0 Å². The maximum atomic E-state index is 11.3. The second kappa shape index (κ2) is 5.22. The van der Waals surface area contributed by atoms with Crippen molar-refractivity contribution >= 4 is 11.9 Å². The normalized spacial score (nSPS) is 17.9. The van der Waals surface area contributed by atoms with E-state index >= 15 is 0 Å². The standard InChI is InChI=1S/C14H15NO4/c1-9(2)14-13(15(17)18)11(7-8-16)10-5-3-4-6-12(10)19-14/h3-6,8-9,14H,7H2,1-2H3/t14-/m0/s1. The summed E-state index contributed by atoms with van der Waals surface area (Å²) in [5.74, 6) is 0.555. The maximum Gasteiger partial charge on any atom is 0.291 e. The predicted octanol–water partition coefficient (Wildman–Crippen LogP) is 2.68. The highest BCUT2D eigenvalue weighted by molar-refractivity contribution is 5.82. The summed E-state index contributed by atoms with van der Waals surface area (Å²) < 4.78 is 5.73. The van der Waals surface area contributed by atoms with Crippen LogP contribution in [0.15, 0.2) is 30.0 Å². The molecule has 0 radical (unpaired) electrons. The molecule has 1 heterocycles. The minimum Gasteiger partial charge on any atom is -0.478 e. The molecule has 0 amide bonds. The Morgan fingerprint density at radius 3 is 2.68 bits per heavy atom. The molecule has 0 saturated heterocycles. The fraction of sp³-hybridized carbons (Fsp3) is 0.357. The van der Waals surface area contributed by atoms with Gasteiger partial charge in [0, 0.05) is 23.5 Å². The largest absolute Gasteiger partial charge is 0.478 e. The van der Waals surface area contributed by atoms with Gasteiger partial charge < -0.3 is 9.53 Å². The zero-order valence-electron chi connectivity index (χ0n) is 10.8. The van der Waals surface area contributed by atoms with Crippen molar-refractivity contribution in [2.45, 2.75) is 26.4 Å². The number of hydrogen-bond donors (Lipinski definition) is 0. The first-order valence-corrected chi connectivity index (χ1v) is 6.13. The van der Waals surface area contributed by atoms with Crippen molar-refractivity contribution in [3.05, 3.63) is 45.6 Å². The zero-order valence-corrected chi connectivity index (χ0v) is 10.8. The zero-order chi connectivity index (χ0) is 14.0. The van der Waals surface area contributed by atoms with Crippen LogP contribution in [0.4, 0.5) is 0 Å². The van der Waals surface area contributed by atoms with Gasteiger partial charge in [-0.25, -0.2) is 0 Å². The van der Waals surface area contributed by atoms with Crippen molar-refractivity contribution in [3.8, 4) is 5.75 Å². The molecule has 0 saturated carbocycles. The lowest BCUT2D eigenvalue weighted by atomic mass is 9.91. The molecule has 1 atom stereocenters. The van der Waals surface area contributed by atoms with Gasteiger partial charge in [0.15, 0.2) is 6.10 Å². The summed E-state index contributed by atoms with van der Waals surface area (Å²) in [6.45, 7) is 3.72. The molecule has 1 aromatic rings. The molecular weight excluding hydrogens is 246 g/mol. The van der Waals surface area contributed by atoms with Crippen molar-refractivity contribution in [2.75, 3.05) is 0 Å². The molecule has 1 aromatic carbocycles. The van der Waals surface area contributed by atoms with E-state index < -0.39 is 11.0 Å². The smallest absolute Gasteiger partial charge is 0.291 e. The fourth-order valence-corrected chi connectivity index (χ4v) is 2.28. The van der Waals surface area contributed by atoms with Gasteiger partial charge in [-0.3, -0.25) is 10.1 Å². The van der Waals surface area contributed by atoms with Crippen LogP contribution < -0.4 is 4.74 Å². The average Bonchev–Trinajstić information content (AvgIpc) is 2.38. The minimum atomic E-state index is -0.625. The number of para-hydroxylation sites is 1. The Labute approximate surface area is 111 Å². The molecule has 0 aliphatic carbocycles. The quantitative estimate of drug-likeness (QED) is 0.474. The van der Waals surface area contributed by atoms with Gasteiger partial charge in [-0.15, -0.1) is 0 Å². The topological polar surface area (TPSA) is 69.4 Å². The Bertz CT molecular complexity index is 548. The molecule has 5 nitrogen and oxygen atoms in total. The SMILES string of the molecule is CC(C)[C@@H]1Oc2ccccc2C(CC=O)=C1[N+](=O)[O-]. The van der Waals surface area contributed by atoms with Gasteiger partial charge in [-0.1, -0.05) is 32.0 Å². The van der Waals surface area contributed by atoms with Crippen molar-refractivity contribution in [3.63, 3.8) is 0 Å². The third-order valence-electron chi connectivity index (χ3n) is 3.13. The number of carbonyl (C=O) groups is 1. The van der Waals surface area contributed by atoms with Crippen LogP contribution in [-0.2, 0) is 4.79 Å². The van der Waals surface area contributed by atoms with Crippen molar-refractivity contribution in [1.29, 1.82) is 0 Å². The predicted molar refractivity (Wildman–Crippen MR) is 70.3 cm³/mol. The van der Waals surface area contributed by atoms with Gasteiger partial charge in [0.1, 0.15) is 12.0 Å². The van der Waals surface area contributed by atoms with Crippen LogP contribution in [0.2, 0.25) is 0 Å². The molecule has 0 fully saturated rings. The average molecular weight is 261 g/mol. The summed E-state index contributed by atoms with van der Waals surface area (Å²) in [5.41, 5.74) is 1.10. The van der Waals surface area contributed by atoms with E-state index in [1.165, 1.54) is 0 Å². The highest BCUT2D eigenvalue weighted by Gasteiger charge is 2.38. The van der Waals surface area contributed by atoms with E-state index in [0.29, 0.717) is 23.2 Å². The lowest BCUT2D eigenvalue weighted by Gasteiger charge is -2.27. The summed E-state index contributed by atoms with van der Waals surface area (Å²) in [6, 6.07) is 7.10. The van der Waals surface area contributed by atoms with Crippen LogP contribution >= 0.6 is 0 Å². The summed E-state index contributed by atoms with van der Waals surface area (Å²) >= 11 is 0. The molecule has 0 N–H and O–H groups in total. The van der Waals surface area contributed by atoms with E-state index in [1.807, 2.05) is 19.9 Å². The van der Waals surface area contributed by atoms with Crippen molar-refractivity contribution in [1.82, 2.24) is 0 Å². The summed E-state index contributed by atoms with van der Waals surface area (Å²) in [6.07, 6.45) is 0.0953. The second-order valence-electron chi connectivity index (χ2n) is 4.77. The van der Waals surface area contributed by atoms with Gasteiger partial charge in [0.25, 0.3) is 5.70 Å². The molecule has 100 valence electrons. The molecular formula is C14H15NO4. The number of ether oxygens (including phenoxy) is 1. The van der Waals surface area contributed by atoms with Gasteiger partial charge in [-0.2, -0.15) is 0 Å². The van der Waals surface area contributed by atoms with Gasteiger partial charge in [0.2, 0.25) is 0 Å². The van der Waals surface area contributed by atoms with Crippen LogP contribution in [-0.4, -0.2) is 17.3 Å². The Hall–Kier alpha value is -2.17. The second-order valence-corrected chi connectivity index (χ2v) is 4.77. The molecule has 1 aliphatic rings. The summed E-state index contributed by atoms with van der Waals surface area (Å²) in [5, 5.41) is 11.3. The number of carbonyl (C=O) groups excluding carboxylic acids is 1. The summed E-state index contributed by atoms with van der Waals surface area (Å²) in [4.78, 5) is 21.7. The van der Waals surface area contributed by atoms with Crippen LogP contribution in [0, 0.1) is 16.0 Å². The third kappa shape index (κ3) is 2.36. The Balaban J connectivity index is 2.66. The number of hydrogen-bond acceptors (Lipinski definition) is 4. The fourth-order valence-electron chi connectivity index (χ4n) is 2.28. The number of nitrogens with zero attached hydrogens (tertiary/aromatic N) is 1.